The highest BCUT2D eigenvalue weighted by Gasteiger charge is 2.39. The molecular weight excluding hydrogens is 1140 g/mol. The van der Waals surface area contributed by atoms with E-state index in [1.54, 1.807) is 0 Å². The third kappa shape index (κ3) is 10.2. The van der Waals surface area contributed by atoms with Crippen LogP contribution in [0.25, 0.3) is 17.3 Å². The van der Waals surface area contributed by atoms with Crippen LogP contribution in [-0.2, 0) is 0 Å². The predicted molar refractivity (Wildman–Crippen MR) is 381 cm³/mol. The molecule has 0 radical (unpaired) electrons. The molecule has 0 aliphatic rings. The second-order valence-corrected chi connectivity index (χ2v) is 22.2. The van der Waals surface area contributed by atoms with E-state index in [0.717, 1.165) is 68.2 Å². The minimum absolute atomic E-state index is 0.517. The van der Waals surface area contributed by atoms with Gasteiger partial charge < -0.3 is 0 Å². The summed E-state index contributed by atoms with van der Waals surface area (Å²) in [6.45, 7) is 0. The molecule has 0 spiro atoms. The number of nitrogens with zero attached hydrogens (tertiary/aromatic N) is 12. The number of para-hydroxylation sites is 12. The number of hydrogen-bond donors (Lipinski definition) is 0. The van der Waals surface area contributed by atoms with Gasteiger partial charge in [-0.05, 0) is 146 Å². The Kier molecular flexibility index (Phi) is 14.6. The number of hydrogen-bond acceptors (Lipinski definition) is 9. The molecule has 12 nitrogen and oxygen atoms in total. The maximum absolute atomic E-state index is 6.27. The Hall–Kier alpha value is -12.9. The molecular formula is C81H60N12. The lowest BCUT2D eigenvalue weighted by Gasteiger charge is -2.30. The van der Waals surface area contributed by atoms with Gasteiger partial charge in [-0.3, -0.25) is 29.4 Å². The van der Waals surface area contributed by atoms with E-state index >= 15 is 0 Å². The summed E-state index contributed by atoms with van der Waals surface area (Å²) in [5, 5.41) is 0. The molecule has 4 aromatic heterocycles. The summed E-state index contributed by atoms with van der Waals surface area (Å²) in [4.78, 5) is 32.5. The zero-order valence-corrected chi connectivity index (χ0v) is 50.5. The van der Waals surface area contributed by atoms with Crippen LogP contribution in [-0.4, -0.2) is 28.2 Å². The summed E-state index contributed by atoms with van der Waals surface area (Å²) in [6, 6.07) is 126. The zero-order valence-electron chi connectivity index (χ0n) is 50.5. The molecule has 0 saturated carbocycles. The molecule has 93 heavy (non-hydrogen) atoms. The summed E-state index contributed by atoms with van der Waals surface area (Å²) < 4.78 is 6.78. The summed E-state index contributed by atoms with van der Waals surface area (Å²) in [6.07, 6.45) is 0. The van der Waals surface area contributed by atoms with Gasteiger partial charge in [0.15, 0.2) is 34.9 Å². The van der Waals surface area contributed by atoms with Crippen LogP contribution in [0.4, 0.5) is 103 Å². The fourth-order valence-corrected chi connectivity index (χ4v) is 12.5. The summed E-state index contributed by atoms with van der Waals surface area (Å²) in [5.74, 6) is 5.46. The molecule has 0 aliphatic carbocycles. The Balaban J connectivity index is 1.22. The van der Waals surface area contributed by atoms with Gasteiger partial charge in [0.25, 0.3) is 0 Å². The summed E-state index contributed by atoms with van der Waals surface area (Å²) in [7, 11) is 0. The predicted octanol–water partition coefficient (Wildman–Crippen LogP) is 21.4. The Morgan fingerprint density at radius 2 is 0.269 bits per heavy atom. The zero-order chi connectivity index (χ0) is 61.9. The van der Waals surface area contributed by atoms with E-state index in [2.05, 4.69) is 407 Å². The van der Waals surface area contributed by atoms with E-state index in [-0.39, 0.29) is 0 Å². The minimum atomic E-state index is 0.517. The van der Waals surface area contributed by atoms with Gasteiger partial charge in [0.05, 0.1) is 0 Å². The van der Waals surface area contributed by atoms with Crippen LogP contribution in [0.2, 0.25) is 0 Å². The van der Waals surface area contributed by atoms with Crippen molar-refractivity contribution in [3.8, 4) is 0 Å². The first-order valence-electron chi connectivity index (χ1n) is 31.1. The van der Waals surface area contributed by atoms with Gasteiger partial charge in [0.2, 0.25) is 17.3 Å². The molecule has 444 valence electrons. The van der Waals surface area contributed by atoms with Crippen molar-refractivity contribution in [3.05, 3.63) is 364 Å². The standard InChI is InChI=1S/C81H60N12/c1-13-37-61(38-14-1)85(62-39-15-2-16-40-62)73-76(88(67-49-25-7-26-50-67)68-51-27-8-28-52-68)91-79(82-73)92-77(89(69-53-29-9-30-54-69)70-55-31-10-32-56-70)74(86(63-41-17-3-18-42-63)64-43-19-4-20-44-64)84-81(92)93-78(90(71-57-33-11-34-58-71)72-59-35-12-36-60-72)75(83-80(91)93)87(65-45-21-5-22-46-65)66-47-23-6-24-48-66/h1-60H. The Morgan fingerprint density at radius 1 is 0.151 bits per heavy atom. The normalized spacial score (nSPS) is 11.2. The molecule has 0 atom stereocenters. The molecule has 0 saturated heterocycles. The van der Waals surface area contributed by atoms with Crippen LogP contribution < -0.4 is 29.4 Å². The highest BCUT2D eigenvalue weighted by Crippen LogP contribution is 2.53. The number of aromatic nitrogens is 6. The van der Waals surface area contributed by atoms with E-state index in [9.17, 15) is 0 Å². The van der Waals surface area contributed by atoms with Crippen molar-refractivity contribution in [1.29, 1.82) is 0 Å². The molecule has 4 heterocycles. The van der Waals surface area contributed by atoms with E-state index in [1.165, 1.54) is 0 Å². The average Bonchev–Trinajstić information content (AvgIpc) is 1.53. The first kappa shape index (κ1) is 55.4. The number of benzene rings is 12. The molecule has 16 aromatic rings. The van der Waals surface area contributed by atoms with Gasteiger partial charge >= 0.3 is 0 Å². The second-order valence-electron chi connectivity index (χ2n) is 22.2. The van der Waals surface area contributed by atoms with Crippen molar-refractivity contribution in [3.63, 3.8) is 0 Å². The Bertz CT molecular complexity index is 4340. The molecule has 0 fully saturated rings. The van der Waals surface area contributed by atoms with Gasteiger partial charge in [0.1, 0.15) is 0 Å². The number of fused-ring (bicyclic) bond motifs is 6. The van der Waals surface area contributed by atoms with Crippen LogP contribution in [0.3, 0.4) is 0 Å². The van der Waals surface area contributed by atoms with Crippen LogP contribution >= 0.6 is 0 Å². The SMILES string of the molecule is c1ccc(N(c2ccccc2)c2nc3n(c2N(c2ccccc2)c2ccccc2)c2nc(N(c4ccccc4)c4ccccc4)c(N(c4ccccc4)c4ccccc4)n2c2nc(N(c4ccccc4)c4ccccc4)c(N(c4ccccc4)c4ccccc4)n32)cc1. The molecule has 0 bridgehead atoms. The third-order valence-electron chi connectivity index (χ3n) is 16.5. The van der Waals surface area contributed by atoms with Crippen molar-refractivity contribution in [2.45, 2.75) is 0 Å². The maximum Gasteiger partial charge on any atom is 0.229 e. The van der Waals surface area contributed by atoms with Gasteiger partial charge in [-0.1, -0.05) is 218 Å². The van der Waals surface area contributed by atoms with E-state index in [1.807, 2.05) is 0 Å². The highest BCUT2D eigenvalue weighted by molar-refractivity contribution is 5.98. The number of rotatable bonds is 18. The maximum atomic E-state index is 6.27. The largest absolute Gasteiger partial charge is 0.293 e. The minimum Gasteiger partial charge on any atom is -0.293 e. The van der Waals surface area contributed by atoms with Crippen molar-refractivity contribution in [2.24, 2.45) is 0 Å². The van der Waals surface area contributed by atoms with E-state index in [4.69, 9.17) is 15.0 Å². The van der Waals surface area contributed by atoms with Gasteiger partial charge in [0, 0.05) is 68.2 Å². The third-order valence-corrected chi connectivity index (χ3v) is 16.5. The topological polar surface area (TPSA) is 71.3 Å². The molecule has 12 heteroatoms. The molecule has 0 aliphatic heterocycles. The summed E-state index contributed by atoms with van der Waals surface area (Å²) >= 11 is 0. The van der Waals surface area contributed by atoms with Crippen molar-refractivity contribution in [1.82, 2.24) is 28.2 Å². The Morgan fingerprint density at radius 3 is 0.398 bits per heavy atom. The van der Waals surface area contributed by atoms with Gasteiger partial charge in [-0.15, -0.1) is 0 Å². The fourth-order valence-electron chi connectivity index (χ4n) is 12.5. The molecule has 0 unspecified atom stereocenters. The van der Waals surface area contributed by atoms with Crippen molar-refractivity contribution < 1.29 is 0 Å². The average molecular weight is 1200 g/mol. The first-order valence-corrected chi connectivity index (χ1v) is 31.1. The van der Waals surface area contributed by atoms with Crippen molar-refractivity contribution in [2.75, 3.05) is 29.4 Å². The fraction of sp³-hybridized carbons (Fsp3) is 0. The smallest absolute Gasteiger partial charge is 0.229 e. The lowest BCUT2D eigenvalue weighted by molar-refractivity contribution is 0.960. The second kappa shape index (κ2) is 24.6. The lowest BCUT2D eigenvalue weighted by atomic mass is 10.2. The van der Waals surface area contributed by atoms with Gasteiger partial charge in [-0.25, -0.2) is 13.2 Å². The van der Waals surface area contributed by atoms with Crippen LogP contribution in [0.15, 0.2) is 364 Å². The highest BCUT2D eigenvalue weighted by atomic mass is 15.5. The van der Waals surface area contributed by atoms with E-state index in [0.29, 0.717) is 52.2 Å². The quantitative estimate of drug-likeness (QED) is 0.0835. The Labute approximate surface area is 539 Å². The number of anilines is 18. The van der Waals surface area contributed by atoms with Crippen LogP contribution in [0, 0.1) is 0 Å². The first-order chi connectivity index (χ1) is 46.2. The van der Waals surface area contributed by atoms with Crippen molar-refractivity contribution >= 4 is 120 Å². The molecule has 0 N–H and O–H groups in total. The van der Waals surface area contributed by atoms with E-state index < -0.39 is 0 Å². The molecule has 12 aromatic carbocycles. The lowest BCUT2D eigenvalue weighted by Crippen LogP contribution is -2.20. The number of imidazole rings is 3. The van der Waals surface area contributed by atoms with Crippen LogP contribution in [0.1, 0.15) is 0 Å². The summed E-state index contributed by atoms with van der Waals surface area (Å²) in [5.41, 5.74) is 10.7. The van der Waals surface area contributed by atoms with Gasteiger partial charge in [-0.2, -0.15) is 15.0 Å². The van der Waals surface area contributed by atoms with Crippen LogP contribution in [0.5, 0.6) is 0 Å². The molecule has 16 rings (SSSR count). The molecule has 0 amide bonds. The monoisotopic (exact) mass is 1200 g/mol.